The van der Waals surface area contributed by atoms with Crippen molar-refractivity contribution in [2.75, 3.05) is 10.2 Å². The predicted octanol–water partition coefficient (Wildman–Crippen LogP) is 3.10. The van der Waals surface area contributed by atoms with E-state index in [2.05, 4.69) is 10.3 Å². The Labute approximate surface area is 161 Å². The lowest BCUT2D eigenvalue weighted by Gasteiger charge is -2.14. The van der Waals surface area contributed by atoms with Crippen molar-refractivity contribution in [1.29, 1.82) is 0 Å². The lowest BCUT2D eigenvalue weighted by molar-refractivity contribution is -0.385. The number of imide groups is 1. The molecule has 0 saturated heterocycles. The number of rotatable bonds is 4. The van der Waals surface area contributed by atoms with Crippen molar-refractivity contribution in [3.05, 3.63) is 80.8 Å². The number of anilines is 2. The Hall–Kier alpha value is -3.92. The zero-order valence-electron chi connectivity index (χ0n) is 14.0. The molecule has 1 aliphatic heterocycles. The Balaban J connectivity index is 1.62. The third-order valence-electron chi connectivity index (χ3n) is 4.13. The monoisotopic (exact) mass is 394 g/mol. The summed E-state index contributed by atoms with van der Waals surface area (Å²) in [5, 5.41) is 16.0. The van der Waals surface area contributed by atoms with Gasteiger partial charge in [-0.3, -0.25) is 29.8 Å². The number of amides is 3. The van der Waals surface area contributed by atoms with Crippen molar-refractivity contribution in [3.63, 3.8) is 0 Å². The van der Waals surface area contributed by atoms with Gasteiger partial charge in [-0.25, -0.2) is 9.88 Å². The van der Waals surface area contributed by atoms with Crippen LogP contribution in [0.1, 0.15) is 31.1 Å². The van der Waals surface area contributed by atoms with E-state index in [-0.39, 0.29) is 22.7 Å². The topological polar surface area (TPSA) is 123 Å². The third kappa shape index (κ3) is 2.81. The average Bonchev–Trinajstić information content (AvgIpc) is 3.28. The van der Waals surface area contributed by atoms with E-state index in [1.165, 1.54) is 53.8 Å². The normalized spacial score (nSPS) is 12.8. The van der Waals surface area contributed by atoms with Gasteiger partial charge in [-0.15, -0.1) is 11.3 Å². The second kappa shape index (κ2) is 6.67. The summed E-state index contributed by atoms with van der Waals surface area (Å²) in [5.41, 5.74) is -0.154. The molecular weight excluding hydrogens is 384 g/mol. The molecule has 9 nitrogen and oxygen atoms in total. The van der Waals surface area contributed by atoms with E-state index in [1.54, 1.807) is 11.6 Å². The van der Waals surface area contributed by atoms with Crippen LogP contribution in [0.4, 0.5) is 16.5 Å². The highest BCUT2D eigenvalue weighted by molar-refractivity contribution is 7.13. The van der Waals surface area contributed by atoms with Crippen LogP contribution in [0.3, 0.4) is 0 Å². The highest BCUT2D eigenvalue weighted by Gasteiger charge is 2.41. The van der Waals surface area contributed by atoms with E-state index >= 15 is 0 Å². The number of nitrogens with zero attached hydrogens (tertiary/aromatic N) is 3. The van der Waals surface area contributed by atoms with Gasteiger partial charge < -0.3 is 0 Å². The van der Waals surface area contributed by atoms with Crippen LogP contribution >= 0.6 is 11.3 Å². The van der Waals surface area contributed by atoms with Crippen molar-refractivity contribution < 1.29 is 19.3 Å². The summed E-state index contributed by atoms with van der Waals surface area (Å²) in [6, 6.07) is 9.69. The van der Waals surface area contributed by atoms with Crippen molar-refractivity contribution >= 4 is 45.6 Å². The van der Waals surface area contributed by atoms with E-state index < -0.39 is 22.4 Å². The Morgan fingerprint density at radius 2 is 1.86 bits per heavy atom. The Morgan fingerprint density at radius 3 is 2.50 bits per heavy atom. The molecule has 0 radical (unpaired) electrons. The van der Waals surface area contributed by atoms with Crippen LogP contribution in [-0.2, 0) is 0 Å². The van der Waals surface area contributed by atoms with Gasteiger partial charge in [-0.05, 0) is 30.3 Å². The molecule has 0 fully saturated rings. The van der Waals surface area contributed by atoms with Gasteiger partial charge in [0.25, 0.3) is 23.4 Å². The van der Waals surface area contributed by atoms with E-state index in [0.717, 1.165) is 4.90 Å². The first-order valence-electron chi connectivity index (χ1n) is 7.94. The molecule has 1 aliphatic rings. The number of benzene rings is 2. The summed E-state index contributed by atoms with van der Waals surface area (Å²) in [5.74, 6) is -1.81. The fourth-order valence-electron chi connectivity index (χ4n) is 2.87. The molecule has 3 amide bonds. The van der Waals surface area contributed by atoms with E-state index in [0.29, 0.717) is 10.7 Å². The van der Waals surface area contributed by atoms with Gasteiger partial charge in [0.15, 0.2) is 5.13 Å². The molecule has 0 atom stereocenters. The van der Waals surface area contributed by atoms with Crippen LogP contribution in [0.25, 0.3) is 0 Å². The standard InChI is InChI=1S/C18H10N4O5S/c23-15(20-18-19-8-9-28-18)10-4-6-11(7-5-10)21-16(24)12-2-1-3-13(22(26)27)14(12)17(21)25/h1-9H,(H,19,20,23). The van der Waals surface area contributed by atoms with Gasteiger partial charge in [0.2, 0.25) is 0 Å². The maximum absolute atomic E-state index is 12.7. The second-order valence-corrected chi connectivity index (χ2v) is 6.64. The summed E-state index contributed by atoms with van der Waals surface area (Å²) in [7, 11) is 0. The maximum atomic E-state index is 12.7. The largest absolute Gasteiger partial charge is 0.298 e. The number of hydrogen-bond acceptors (Lipinski definition) is 7. The van der Waals surface area contributed by atoms with Gasteiger partial charge in [0.05, 0.1) is 16.2 Å². The Morgan fingerprint density at radius 1 is 1.11 bits per heavy atom. The summed E-state index contributed by atoms with van der Waals surface area (Å²) < 4.78 is 0. The third-order valence-corrected chi connectivity index (χ3v) is 4.82. The van der Waals surface area contributed by atoms with Crippen molar-refractivity contribution in [1.82, 2.24) is 4.98 Å². The maximum Gasteiger partial charge on any atom is 0.283 e. The molecule has 138 valence electrons. The van der Waals surface area contributed by atoms with Crippen LogP contribution < -0.4 is 10.2 Å². The first kappa shape index (κ1) is 17.5. The van der Waals surface area contributed by atoms with Gasteiger partial charge in [0, 0.05) is 23.2 Å². The molecule has 4 rings (SSSR count). The van der Waals surface area contributed by atoms with Gasteiger partial charge in [-0.1, -0.05) is 6.07 Å². The number of carbonyl (C=O) groups is 3. The number of nitro benzene ring substituents is 1. The molecule has 0 unspecified atom stereocenters. The van der Waals surface area contributed by atoms with Crippen LogP contribution in [0.5, 0.6) is 0 Å². The minimum Gasteiger partial charge on any atom is -0.298 e. The first-order valence-corrected chi connectivity index (χ1v) is 8.82. The fourth-order valence-corrected chi connectivity index (χ4v) is 3.39. The summed E-state index contributed by atoms with van der Waals surface area (Å²) >= 11 is 1.27. The zero-order valence-corrected chi connectivity index (χ0v) is 14.8. The lowest BCUT2D eigenvalue weighted by atomic mass is 10.1. The SMILES string of the molecule is O=C(Nc1nccs1)c1ccc(N2C(=O)c3cccc([N+](=O)[O-])c3C2=O)cc1. The second-order valence-electron chi connectivity index (χ2n) is 5.74. The molecule has 1 aromatic heterocycles. The van der Waals surface area contributed by atoms with Gasteiger partial charge in [-0.2, -0.15) is 0 Å². The smallest absolute Gasteiger partial charge is 0.283 e. The molecular formula is C18H10N4O5S. The average molecular weight is 394 g/mol. The number of nitrogens with one attached hydrogen (secondary N) is 1. The van der Waals surface area contributed by atoms with Crippen LogP contribution in [-0.4, -0.2) is 27.6 Å². The summed E-state index contributed by atoms with van der Waals surface area (Å²) in [4.78, 5) is 52.8. The van der Waals surface area contributed by atoms with Gasteiger partial charge >= 0.3 is 0 Å². The van der Waals surface area contributed by atoms with Crippen molar-refractivity contribution in [2.45, 2.75) is 0 Å². The first-order chi connectivity index (χ1) is 13.5. The number of fused-ring (bicyclic) bond motifs is 1. The minimum absolute atomic E-state index is 0.0233. The molecule has 3 aromatic rings. The van der Waals surface area contributed by atoms with Gasteiger partial charge in [0.1, 0.15) is 5.56 Å². The summed E-state index contributed by atoms with van der Waals surface area (Å²) in [6.07, 6.45) is 1.56. The number of nitro groups is 1. The molecule has 10 heteroatoms. The number of thiazole rings is 1. The molecule has 1 N–H and O–H groups in total. The van der Waals surface area contributed by atoms with Crippen LogP contribution in [0.2, 0.25) is 0 Å². The highest BCUT2D eigenvalue weighted by Crippen LogP contribution is 2.33. The molecule has 2 aromatic carbocycles. The van der Waals surface area contributed by atoms with Crippen molar-refractivity contribution in [3.8, 4) is 0 Å². The number of aromatic nitrogens is 1. The van der Waals surface area contributed by atoms with E-state index in [4.69, 9.17) is 0 Å². The van der Waals surface area contributed by atoms with E-state index in [1.807, 2.05) is 0 Å². The zero-order chi connectivity index (χ0) is 19.8. The van der Waals surface area contributed by atoms with Crippen molar-refractivity contribution in [2.24, 2.45) is 0 Å². The predicted molar refractivity (Wildman–Crippen MR) is 101 cm³/mol. The number of hydrogen-bond donors (Lipinski definition) is 1. The molecule has 0 aliphatic carbocycles. The quantitative estimate of drug-likeness (QED) is 0.412. The Bertz CT molecular complexity index is 1130. The highest BCUT2D eigenvalue weighted by atomic mass is 32.1. The van der Waals surface area contributed by atoms with Crippen LogP contribution in [0.15, 0.2) is 54.0 Å². The minimum atomic E-state index is -0.771. The van der Waals surface area contributed by atoms with E-state index in [9.17, 15) is 24.5 Å². The summed E-state index contributed by atoms with van der Waals surface area (Å²) in [6.45, 7) is 0. The molecule has 0 saturated carbocycles. The fraction of sp³-hybridized carbons (Fsp3) is 0. The Kier molecular flexibility index (Phi) is 4.17. The molecule has 0 spiro atoms. The van der Waals surface area contributed by atoms with Crippen LogP contribution in [0, 0.1) is 10.1 Å². The number of carbonyl (C=O) groups excluding carboxylic acids is 3. The molecule has 0 bridgehead atoms. The molecule has 28 heavy (non-hydrogen) atoms. The lowest BCUT2D eigenvalue weighted by Crippen LogP contribution is -2.29. The molecule has 2 heterocycles.